The molecule has 0 aromatic heterocycles. The summed E-state index contributed by atoms with van der Waals surface area (Å²) in [7, 11) is 3.25. The number of esters is 1. The number of nitrogens with one attached hydrogen (secondary N) is 1. The Labute approximate surface area is 104 Å². The lowest BCUT2D eigenvalue weighted by Gasteiger charge is -2.18. The number of rotatable bonds is 4. The van der Waals surface area contributed by atoms with E-state index in [2.05, 4.69) is 26.0 Å². The van der Waals surface area contributed by atoms with Crippen LogP contribution in [0.15, 0.2) is 22.7 Å². The predicted octanol–water partition coefficient (Wildman–Crippen LogP) is 2.58. The number of hydrogen-bond donors (Lipinski definition) is 1. The first-order valence-corrected chi connectivity index (χ1v) is 5.88. The monoisotopic (exact) mass is 285 g/mol. The van der Waals surface area contributed by atoms with Crippen molar-refractivity contribution in [3.05, 3.63) is 33.8 Å². The molecule has 0 saturated carbocycles. The van der Waals surface area contributed by atoms with Crippen LogP contribution in [0.4, 0.5) is 0 Å². The van der Waals surface area contributed by atoms with E-state index in [9.17, 15) is 4.79 Å². The molecule has 0 bridgehead atoms. The molecule has 0 radical (unpaired) electrons. The third-order valence-corrected chi connectivity index (χ3v) is 3.06. The molecule has 1 N–H and O–H groups in total. The van der Waals surface area contributed by atoms with Crippen LogP contribution in [0.1, 0.15) is 23.6 Å². The van der Waals surface area contributed by atoms with Crippen LogP contribution in [-0.2, 0) is 9.53 Å². The van der Waals surface area contributed by atoms with Crippen LogP contribution in [0.3, 0.4) is 0 Å². The average molecular weight is 286 g/mol. The van der Waals surface area contributed by atoms with Crippen molar-refractivity contribution >= 4 is 21.9 Å². The molecule has 0 heterocycles. The molecular weight excluding hydrogens is 270 g/mol. The molecule has 0 aliphatic carbocycles. The van der Waals surface area contributed by atoms with Gasteiger partial charge in [-0.05, 0) is 37.2 Å². The highest BCUT2D eigenvalue weighted by molar-refractivity contribution is 9.10. The molecule has 0 aliphatic heterocycles. The summed E-state index contributed by atoms with van der Waals surface area (Å²) < 4.78 is 5.70. The highest BCUT2D eigenvalue weighted by Gasteiger charge is 2.16. The number of halogens is 1. The summed E-state index contributed by atoms with van der Waals surface area (Å²) in [5, 5.41) is 3.13. The highest BCUT2D eigenvalue weighted by Crippen LogP contribution is 2.24. The Hall–Kier alpha value is -0.870. The number of carbonyl (C=O) groups excluding carboxylic acids is 1. The largest absolute Gasteiger partial charge is 0.469 e. The number of benzene rings is 1. The fourth-order valence-electron chi connectivity index (χ4n) is 1.60. The van der Waals surface area contributed by atoms with E-state index in [-0.39, 0.29) is 12.0 Å². The van der Waals surface area contributed by atoms with Crippen molar-refractivity contribution < 1.29 is 9.53 Å². The zero-order valence-electron chi connectivity index (χ0n) is 9.71. The normalized spacial score (nSPS) is 12.2. The fraction of sp³-hybridized carbons (Fsp3) is 0.417. The van der Waals surface area contributed by atoms with E-state index in [1.54, 1.807) is 0 Å². The summed E-state index contributed by atoms with van der Waals surface area (Å²) in [6.45, 7) is 2.03. The maximum Gasteiger partial charge on any atom is 0.307 e. The molecule has 1 aromatic carbocycles. The zero-order valence-corrected chi connectivity index (χ0v) is 11.3. The summed E-state index contributed by atoms with van der Waals surface area (Å²) in [5.74, 6) is -0.210. The average Bonchev–Trinajstić information content (AvgIpc) is 2.29. The Bertz CT molecular complexity index is 379. The summed E-state index contributed by atoms with van der Waals surface area (Å²) in [4.78, 5) is 11.3. The Morgan fingerprint density at radius 3 is 2.81 bits per heavy atom. The van der Waals surface area contributed by atoms with Gasteiger partial charge in [0.05, 0.1) is 13.5 Å². The smallest absolute Gasteiger partial charge is 0.307 e. The van der Waals surface area contributed by atoms with Crippen molar-refractivity contribution in [3.63, 3.8) is 0 Å². The molecule has 0 aliphatic rings. The molecule has 88 valence electrons. The van der Waals surface area contributed by atoms with Crippen LogP contribution in [0, 0.1) is 6.92 Å². The van der Waals surface area contributed by atoms with Crippen molar-refractivity contribution in [1.82, 2.24) is 5.32 Å². The number of hydrogen-bond acceptors (Lipinski definition) is 3. The Morgan fingerprint density at radius 2 is 2.25 bits per heavy atom. The molecule has 1 unspecified atom stereocenters. The predicted molar refractivity (Wildman–Crippen MR) is 67.3 cm³/mol. The van der Waals surface area contributed by atoms with Crippen LogP contribution in [0.2, 0.25) is 0 Å². The second-order valence-electron chi connectivity index (χ2n) is 3.62. The number of ether oxygens (including phenoxy) is 1. The summed E-state index contributed by atoms with van der Waals surface area (Å²) >= 11 is 3.43. The Morgan fingerprint density at radius 1 is 1.56 bits per heavy atom. The first-order chi connectivity index (χ1) is 7.58. The standard InChI is InChI=1S/C12H16BrNO2/c1-8-4-5-9(13)6-10(8)11(14-2)7-12(15)16-3/h4-6,11,14H,7H2,1-3H3. The van der Waals surface area contributed by atoms with Gasteiger partial charge >= 0.3 is 5.97 Å². The molecule has 1 aromatic rings. The summed E-state index contributed by atoms with van der Waals surface area (Å²) in [6.07, 6.45) is 0.338. The van der Waals surface area contributed by atoms with Gasteiger partial charge in [-0.1, -0.05) is 22.0 Å². The molecule has 4 heteroatoms. The first-order valence-electron chi connectivity index (χ1n) is 5.08. The minimum atomic E-state index is -0.210. The van der Waals surface area contributed by atoms with E-state index in [4.69, 9.17) is 0 Å². The number of aryl methyl sites for hydroxylation is 1. The van der Waals surface area contributed by atoms with Crippen molar-refractivity contribution in [2.45, 2.75) is 19.4 Å². The van der Waals surface area contributed by atoms with Gasteiger partial charge in [0.1, 0.15) is 0 Å². The molecule has 16 heavy (non-hydrogen) atoms. The van der Waals surface area contributed by atoms with E-state index in [0.29, 0.717) is 6.42 Å². The van der Waals surface area contributed by atoms with Crippen molar-refractivity contribution in [2.75, 3.05) is 14.2 Å². The van der Waals surface area contributed by atoms with Crippen molar-refractivity contribution in [1.29, 1.82) is 0 Å². The maximum atomic E-state index is 11.3. The summed E-state index contributed by atoms with van der Waals surface area (Å²) in [5.41, 5.74) is 2.27. The topological polar surface area (TPSA) is 38.3 Å². The molecule has 3 nitrogen and oxygen atoms in total. The second kappa shape index (κ2) is 6.01. The quantitative estimate of drug-likeness (QED) is 0.865. The van der Waals surface area contributed by atoms with E-state index in [1.807, 2.05) is 32.2 Å². The van der Waals surface area contributed by atoms with Gasteiger partial charge in [0, 0.05) is 10.5 Å². The van der Waals surface area contributed by atoms with Gasteiger partial charge in [-0.25, -0.2) is 0 Å². The minimum absolute atomic E-state index is 0.00931. The maximum absolute atomic E-state index is 11.3. The lowest BCUT2D eigenvalue weighted by atomic mass is 9.99. The number of carbonyl (C=O) groups is 1. The van der Waals surface area contributed by atoms with Gasteiger partial charge in [-0.2, -0.15) is 0 Å². The third kappa shape index (κ3) is 3.32. The minimum Gasteiger partial charge on any atom is -0.469 e. The number of methoxy groups -OCH3 is 1. The molecule has 0 spiro atoms. The molecule has 0 amide bonds. The van der Waals surface area contributed by atoms with Crippen LogP contribution in [-0.4, -0.2) is 20.1 Å². The van der Waals surface area contributed by atoms with Crippen molar-refractivity contribution in [3.8, 4) is 0 Å². The van der Waals surface area contributed by atoms with Crippen LogP contribution >= 0.6 is 15.9 Å². The van der Waals surface area contributed by atoms with Gasteiger partial charge in [-0.3, -0.25) is 4.79 Å². The Balaban J connectivity index is 2.94. The van der Waals surface area contributed by atoms with Gasteiger partial charge in [0.15, 0.2) is 0 Å². The molecular formula is C12H16BrNO2. The van der Waals surface area contributed by atoms with Gasteiger partial charge in [0.2, 0.25) is 0 Å². The first kappa shape index (κ1) is 13.2. The van der Waals surface area contributed by atoms with E-state index >= 15 is 0 Å². The fourth-order valence-corrected chi connectivity index (χ4v) is 1.98. The van der Waals surface area contributed by atoms with E-state index in [0.717, 1.165) is 15.6 Å². The van der Waals surface area contributed by atoms with Crippen molar-refractivity contribution in [2.24, 2.45) is 0 Å². The Kier molecular flexibility index (Phi) is 4.96. The second-order valence-corrected chi connectivity index (χ2v) is 4.54. The van der Waals surface area contributed by atoms with Gasteiger partial charge in [-0.15, -0.1) is 0 Å². The SMILES string of the molecule is CNC(CC(=O)OC)c1cc(Br)ccc1C. The van der Waals surface area contributed by atoms with Gasteiger partial charge < -0.3 is 10.1 Å². The van der Waals surface area contributed by atoms with E-state index in [1.165, 1.54) is 7.11 Å². The van der Waals surface area contributed by atoms with Crippen LogP contribution in [0.25, 0.3) is 0 Å². The zero-order chi connectivity index (χ0) is 12.1. The molecule has 1 rings (SSSR count). The van der Waals surface area contributed by atoms with Gasteiger partial charge in [0.25, 0.3) is 0 Å². The summed E-state index contributed by atoms with van der Waals surface area (Å²) in [6, 6.07) is 6.04. The molecule has 0 fully saturated rings. The van der Waals surface area contributed by atoms with Crippen LogP contribution in [0.5, 0.6) is 0 Å². The van der Waals surface area contributed by atoms with Crippen LogP contribution < -0.4 is 5.32 Å². The lowest BCUT2D eigenvalue weighted by molar-refractivity contribution is -0.141. The highest BCUT2D eigenvalue weighted by atomic mass is 79.9. The molecule has 0 saturated heterocycles. The lowest BCUT2D eigenvalue weighted by Crippen LogP contribution is -2.21. The molecule has 1 atom stereocenters. The third-order valence-electron chi connectivity index (χ3n) is 2.56. The van der Waals surface area contributed by atoms with E-state index < -0.39 is 0 Å².